The van der Waals surface area contributed by atoms with Crippen molar-refractivity contribution in [3.8, 4) is 5.75 Å². The standard InChI is InChI=1S/C12H8BrClO4/c13-8-1-2-9(14)10(5-8)18-6-7-3-4-17-11(7)12(15)16/h1-5H,6H2,(H,15,16). The topological polar surface area (TPSA) is 59.7 Å². The molecule has 2 aromatic rings. The summed E-state index contributed by atoms with van der Waals surface area (Å²) in [6, 6.07) is 6.74. The minimum Gasteiger partial charge on any atom is -0.487 e. The molecular formula is C12H8BrClO4. The lowest BCUT2D eigenvalue weighted by atomic mass is 10.2. The number of halogens is 2. The van der Waals surface area contributed by atoms with Crippen molar-refractivity contribution in [3.63, 3.8) is 0 Å². The first-order valence-electron chi connectivity index (χ1n) is 4.95. The second-order valence-corrected chi connectivity index (χ2v) is 4.77. The van der Waals surface area contributed by atoms with Crippen molar-refractivity contribution < 1.29 is 19.1 Å². The van der Waals surface area contributed by atoms with Crippen LogP contribution in [-0.2, 0) is 6.61 Å². The molecule has 0 atom stereocenters. The Morgan fingerprint density at radius 2 is 2.22 bits per heavy atom. The predicted molar refractivity (Wildman–Crippen MR) is 69.2 cm³/mol. The molecule has 0 radical (unpaired) electrons. The molecular weight excluding hydrogens is 323 g/mol. The number of aromatic carboxylic acids is 1. The third-order valence-corrected chi connectivity index (χ3v) is 3.02. The molecule has 0 unspecified atom stereocenters. The Bertz CT molecular complexity index is 579. The second-order valence-electron chi connectivity index (χ2n) is 3.44. The molecule has 6 heteroatoms. The number of carboxylic acids is 1. The first-order valence-corrected chi connectivity index (χ1v) is 6.12. The summed E-state index contributed by atoms with van der Waals surface area (Å²) in [4.78, 5) is 10.8. The van der Waals surface area contributed by atoms with Gasteiger partial charge in [0.15, 0.2) is 0 Å². The maximum Gasteiger partial charge on any atom is 0.372 e. The molecule has 2 rings (SSSR count). The van der Waals surface area contributed by atoms with Crippen molar-refractivity contribution >= 4 is 33.5 Å². The highest BCUT2D eigenvalue weighted by molar-refractivity contribution is 9.10. The van der Waals surface area contributed by atoms with E-state index >= 15 is 0 Å². The molecule has 0 saturated carbocycles. The van der Waals surface area contributed by atoms with Gasteiger partial charge >= 0.3 is 5.97 Å². The van der Waals surface area contributed by atoms with Crippen LogP contribution in [0.3, 0.4) is 0 Å². The van der Waals surface area contributed by atoms with Gasteiger partial charge in [0.05, 0.1) is 11.3 Å². The third-order valence-electron chi connectivity index (χ3n) is 2.22. The molecule has 0 bridgehead atoms. The molecule has 0 aliphatic heterocycles. The minimum atomic E-state index is -1.13. The van der Waals surface area contributed by atoms with Crippen molar-refractivity contribution in [1.29, 1.82) is 0 Å². The van der Waals surface area contributed by atoms with Crippen LogP contribution < -0.4 is 4.74 Å². The van der Waals surface area contributed by atoms with Gasteiger partial charge < -0.3 is 14.3 Å². The lowest BCUT2D eigenvalue weighted by Gasteiger charge is -2.07. The zero-order valence-electron chi connectivity index (χ0n) is 9.02. The molecule has 0 aliphatic carbocycles. The summed E-state index contributed by atoms with van der Waals surface area (Å²) < 4.78 is 11.1. The van der Waals surface area contributed by atoms with Crippen molar-refractivity contribution in [2.45, 2.75) is 6.61 Å². The van der Waals surface area contributed by atoms with Gasteiger partial charge in [-0.25, -0.2) is 4.79 Å². The van der Waals surface area contributed by atoms with Gasteiger partial charge in [0, 0.05) is 10.0 Å². The van der Waals surface area contributed by atoms with Gasteiger partial charge in [-0.15, -0.1) is 0 Å². The van der Waals surface area contributed by atoms with Crippen LogP contribution in [0.4, 0.5) is 0 Å². The van der Waals surface area contributed by atoms with Gasteiger partial charge in [0.1, 0.15) is 12.4 Å². The van der Waals surface area contributed by atoms with E-state index in [1.807, 2.05) is 0 Å². The monoisotopic (exact) mass is 330 g/mol. The van der Waals surface area contributed by atoms with Crippen LogP contribution in [0, 0.1) is 0 Å². The Hall–Kier alpha value is -1.46. The van der Waals surface area contributed by atoms with Crippen LogP contribution in [-0.4, -0.2) is 11.1 Å². The van der Waals surface area contributed by atoms with Crippen LogP contribution in [0.15, 0.2) is 39.4 Å². The Morgan fingerprint density at radius 1 is 1.44 bits per heavy atom. The van der Waals surface area contributed by atoms with E-state index < -0.39 is 5.97 Å². The van der Waals surface area contributed by atoms with Gasteiger partial charge in [-0.05, 0) is 24.3 Å². The summed E-state index contributed by atoms with van der Waals surface area (Å²) in [5, 5.41) is 9.32. The summed E-state index contributed by atoms with van der Waals surface area (Å²) in [5.41, 5.74) is 0.457. The smallest absolute Gasteiger partial charge is 0.372 e. The number of ether oxygens (including phenoxy) is 1. The second kappa shape index (κ2) is 5.46. The number of carboxylic acid groups (broad SMARTS) is 1. The molecule has 18 heavy (non-hydrogen) atoms. The van der Waals surface area contributed by atoms with Crippen molar-refractivity contribution in [1.82, 2.24) is 0 Å². The molecule has 0 saturated heterocycles. The predicted octanol–water partition coefficient (Wildman–Crippen LogP) is 3.97. The highest BCUT2D eigenvalue weighted by atomic mass is 79.9. The summed E-state index contributed by atoms with van der Waals surface area (Å²) in [6.07, 6.45) is 1.31. The average Bonchev–Trinajstić information content (AvgIpc) is 2.79. The SMILES string of the molecule is O=C(O)c1occc1COc1cc(Br)ccc1Cl. The van der Waals surface area contributed by atoms with Crippen LogP contribution in [0.1, 0.15) is 16.1 Å². The number of benzene rings is 1. The van der Waals surface area contributed by atoms with Crippen LogP contribution in [0.2, 0.25) is 5.02 Å². The summed E-state index contributed by atoms with van der Waals surface area (Å²) >= 11 is 9.25. The summed E-state index contributed by atoms with van der Waals surface area (Å²) in [5.74, 6) is -0.774. The fraction of sp³-hybridized carbons (Fsp3) is 0.0833. The van der Waals surface area contributed by atoms with Gasteiger partial charge in [-0.2, -0.15) is 0 Å². The maximum atomic E-state index is 10.8. The fourth-order valence-electron chi connectivity index (χ4n) is 1.38. The zero-order chi connectivity index (χ0) is 13.1. The molecule has 0 spiro atoms. The van der Waals surface area contributed by atoms with E-state index in [1.54, 1.807) is 24.3 Å². The minimum absolute atomic E-state index is 0.0777. The maximum absolute atomic E-state index is 10.8. The number of furan rings is 1. The Labute approximate surface area is 116 Å². The van der Waals surface area contributed by atoms with Crippen LogP contribution in [0.5, 0.6) is 5.75 Å². The highest BCUT2D eigenvalue weighted by Crippen LogP contribution is 2.28. The zero-order valence-corrected chi connectivity index (χ0v) is 11.4. The Balaban J connectivity index is 2.14. The van der Waals surface area contributed by atoms with Gasteiger partial charge in [-0.1, -0.05) is 27.5 Å². The van der Waals surface area contributed by atoms with E-state index in [-0.39, 0.29) is 12.4 Å². The number of rotatable bonds is 4. The molecule has 94 valence electrons. The molecule has 1 N–H and O–H groups in total. The molecule has 0 fully saturated rings. The molecule has 0 amide bonds. The molecule has 0 aliphatic rings. The van der Waals surface area contributed by atoms with Gasteiger partial charge in [0.25, 0.3) is 0 Å². The Morgan fingerprint density at radius 3 is 2.94 bits per heavy atom. The number of hydrogen-bond acceptors (Lipinski definition) is 3. The summed E-state index contributed by atoms with van der Waals surface area (Å²) in [7, 11) is 0. The van der Waals surface area contributed by atoms with E-state index in [4.69, 9.17) is 25.9 Å². The summed E-state index contributed by atoms with van der Waals surface area (Å²) in [6.45, 7) is 0.0777. The molecule has 4 nitrogen and oxygen atoms in total. The first kappa shape index (κ1) is 13.0. The van der Waals surface area contributed by atoms with Crippen molar-refractivity contribution in [3.05, 3.63) is 51.3 Å². The first-order chi connectivity index (χ1) is 8.58. The van der Waals surface area contributed by atoms with Crippen molar-refractivity contribution in [2.24, 2.45) is 0 Å². The Kier molecular flexibility index (Phi) is 3.93. The van der Waals surface area contributed by atoms with Crippen molar-refractivity contribution in [2.75, 3.05) is 0 Å². The highest BCUT2D eigenvalue weighted by Gasteiger charge is 2.14. The normalized spacial score (nSPS) is 10.3. The third kappa shape index (κ3) is 2.86. The van der Waals surface area contributed by atoms with Crippen LogP contribution in [0.25, 0.3) is 0 Å². The number of carbonyl (C=O) groups is 1. The van der Waals surface area contributed by atoms with E-state index in [0.29, 0.717) is 16.3 Å². The lowest BCUT2D eigenvalue weighted by Crippen LogP contribution is -2.02. The molecule has 1 aromatic carbocycles. The average molecular weight is 332 g/mol. The lowest BCUT2D eigenvalue weighted by molar-refractivity contribution is 0.0658. The van der Waals surface area contributed by atoms with Crippen LogP contribution >= 0.6 is 27.5 Å². The van der Waals surface area contributed by atoms with Gasteiger partial charge in [0.2, 0.25) is 5.76 Å². The largest absolute Gasteiger partial charge is 0.487 e. The molecule has 1 heterocycles. The van der Waals surface area contributed by atoms with E-state index in [9.17, 15) is 4.79 Å². The van der Waals surface area contributed by atoms with Gasteiger partial charge in [-0.3, -0.25) is 0 Å². The molecule has 1 aromatic heterocycles. The quantitative estimate of drug-likeness (QED) is 0.921. The van der Waals surface area contributed by atoms with E-state index in [1.165, 1.54) is 6.26 Å². The van der Waals surface area contributed by atoms with E-state index in [0.717, 1.165) is 4.47 Å². The fourth-order valence-corrected chi connectivity index (χ4v) is 1.89. The van der Waals surface area contributed by atoms with E-state index in [2.05, 4.69) is 15.9 Å². The number of hydrogen-bond donors (Lipinski definition) is 1.